The van der Waals surface area contributed by atoms with Crippen LogP contribution in [0.25, 0.3) is 9.81 Å². The van der Waals surface area contributed by atoms with Crippen molar-refractivity contribution in [2.24, 2.45) is 0 Å². The van der Waals surface area contributed by atoms with E-state index in [0.29, 0.717) is 6.42 Å². The summed E-state index contributed by atoms with van der Waals surface area (Å²) in [5.74, 6) is 0.179. The van der Waals surface area contributed by atoms with Gasteiger partial charge in [-0.05, 0) is 47.4 Å². The number of Topliss-reactive ketones (excluding diaryl/α,β-unsaturated/α-hetero) is 1. The smallest absolute Gasteiger partial charge is 0.134 e. The van der Waals surface area contributed by atoms with E-state index < -0.39 is 0 Å². The zero-order valence-corrected chi connectivity index (χ0v) is 14.7. The highest BCUT2D eigenvalue weighted by atomic mass is 32.2. The van der Waals surface area contributed by atoms with Gasteiger partial charge < -0.3 is 0 Å². The van der Waals surface area contributed by atoms with Gasteiger partial charge in [0.1, 0.15) is 5.78 Å². The molecule has 0 unspecified atom stereocenters. The van der Waals surface area contributed by atoms with Gasteiger partial charge in [0.2, 0.25) is 0 Å². The molecule has 110 valence electrons. The maximum atomic E-state index is 11.3. The van der Waals surface area contributed by atoms with Gasteiger partial charge in [-0.15, -0.1) is 22.7 Å². The Bertz CT molecular complexity index is 676. The molecule has 0 aromatic carbocycles. The molecule has 4 heteroatoms. The largest absolute Gasteiger partial charge is 0.300 e. The number of hydrogen-bond donors (Lipinski definition) is 0. The van der Waals surface area contributed by atoms with Crippen LogP contribution < -0.4 is 0 Å². The lowest BCUT2D eigenvalue weighted by molar-refractivity contribution is -0.116. The van der Waals surface area contributed by atoms with Gasteiger partial charge in [0.15, 0.2) is 0 Å². The Balaban J connectivity index is 2.13. The minimum Gasteiger partial charge on any atom is -0.300 e. The highest BCUT2D eigenvalue weighted by molar-refractivity contribution is 8.16. The van der Waals surface area contributed by atoms with Crippen molar-refractivity contribution >= 4 is 50.0 Å². The van der Waals surface area contributed by atoms with Crippen LogP contribution in [0, 0.1) is 0 Å². The summed E-state index contributed by atoms with van der Waals surface area (Å²) in [5.41, 5.74) is 2.40. The number of thioether (sulfide) groups is 1. The van der Waals surface area contributed by atoms with Crippen LogP contribution in [0.4, 0.5) is 0 Å². The standard InChI is InChI=1S/C17H18OS3/c1-5-14-6-8-19-16(14)12(3)21-13(4)17-15(7-9-20-17)10-11(2)18/h6-9H,3-5,10H2,1-2H3. The van der Waals surface area contributed by atoms with Crippen LogP contribution in [0.5, 0.6) is 0 Å². The molecule has 0 N–H and O–H groups in total. The molecule has 2 heterocycles. The summed E-state index contributed by atoms with van der Waals surface area (Å²) < 4.78 is 0. The number of carbonyl (C=O) groups excluding carboxylic acids is 1. The van der Waals surface area contributed by atoms with Gasteiger partial charge in [0.05, 0.1) is 0 Å². The van der Waals surface area contributed by atoms with E-state index in [1.165, 1.54) is 10.4 Å². The van der Waals surface area contributed by atoms with Crippen molar-refractivity contribution in [1.82, 2.24) is 0 Å². The third kappa shape index (κ3) is 3.96. The molecule has 1 nitrogen and oxygen atoms in total. The van der Waals surface area contributed by atoms with Crippen LogP contribution >= 0.6 is 34.4 Å². The first-order valence-electron chi connectivity index (χ1n) is 6.71. The maximum Gasteiger partial charge on any atom is 0.134 e. The fourth-order valence-electron chi connectivity index (χ4n) is 2.09. The van der Waals surface area contributed by atoms with Crippen LogP contribution in [0.15, 0.2) is 36.1 Å². The SMILES string of the molecule is C=C(SC(=C)c1sccc1CC(C)=O)c1sccc1CC. The van der Waals surface area contributed by atoms with E-state index in [-0.39, 0.29) is 5.78 Å². The quantitative estimate of drug-likeness (QED) is 0.629. The Morgan fingerprint density at radius 1 is 1.10 bits per heavy atom. The van der Waals surface area contributed by atoms with Crippen LogP contribution in [-0.2, 0) is 17.6 Å². The minimum absolute atomic E-state index is 0.179. The summed E-state index contributed by atoms with van der Waals surface area (Å²) in [7, 11) is 0. The zero-order valence-electron chi connectivity index (χ0n) is 12.3. The Hall–Kier alpha value is -1.10. The minimum atomic E-state index is 0.179. The molecule has 0 saturated heterocycles. The lowest BCUT2D eigenvalue weighted by atomic mass is 10.1. The number of hydrogen-bond acceptors (Lipinski definition) is 4. The zero-order chi connectivity index (χ0) is 15.4. The fraction of sp³-hybridized carbons (Fsp3) is 0.235. The van der Waals surface area contributed by atoms with Gasteiger partial charge in [0, 0.05) is 26.0 Å². The summed E-state index contributed by atoms with van der Waals surface area (Å²) in [6.45, 7) is 12.1. The molecule has 0 aliphatic rings. The normalized spacial score (nSPS) is 10.6. The summed E-state index contributed by atoms with van der Waals surface area (Å²) in [6.07, 6.45) is 1.49. The molecule has 0 bridgehead atoms. The number of aryl methyl sites for hydroxylation is 1. The van der Waals surface area contributed by atoms with E-state index in [4.69, 9.17) is 0 Å². The van der Waals surface area contributed by atoms with Crippen LogP contribution in [0.2, 0.25) is 0 Å². The van der Waals surface area contributed by atoms with Crippen molar-refractivity contribution in [3.63, 3.8) is 0 Å². The van der Waals surface area contributed by atoms with Gasteiger partial charge in [-0.1, -0.05) is 31.8 Å². The predicted octanol–water partition coefficient (Wildman–Crippen LogP) is 5.88. The lowest BCUT2D eigenvalue weighted by Gasteiger charge is -2.09. The summed E-state index contributed by atoms with van der Waals surface area (Å²) >= 11 is 4.97. The van der Waals surface area contributed by atoms with Crippen LogP contribution in [0.1, 0.15) is 34.7 Å². The van der Waals surface area contributed by atoms with E-state index >= 15 is 0 Å². The second-order valence-corrected chi connectivity index (χ2v) is 7.75. The Labute approximate surface area is 138 Å². The van der Waals surface area contributed by atoms with E-state index in [2.05, 4.69) is 31.5 Å². The summed E-state index contributed by atoms with van der Waals surface area (Å²) in [6, 6.07) is 4.17. The molecular formula is C17H18OS3. The number of ketones is 1. The lowest BCUT2D eigenvalue weighted by Crippen LogP contribution is -1.96. The Morgan fingerprint density at radius 2 is 1.62 bits per heavy atom. The molecule has 0 atom stereocenters. The maximum absolute atomic E-state index is 11.3. The first-order chi connectivity index (χ1) is 10.0. The third-order valence-electron chi connectivity index (χ3n) is 3.07. The molecule has 2 rings (SSSR count). The molecule has 2 aromatic rings. The number of thiophene rings is 2. The van der Waals surface area contributed by atoms with Gasteiger partial charge in [0.25, 0.3) is 0 Å². The molecule has 21 heavy (non-hydrogen) atoms. The van der Waals surface area contributed by atoms with Gasteiger partial charge in [-0.25, -0.2) is 0 Å². The predicted molar refractivity (Wildman–Crippen MR) is 98.1 cm³/mol. The van der Waals surface area contributed by atoms with E-state index in [0.717, 1.165) is 26.7 Å². The molecule has 0 aliphatic carbocycles. The Morgan fingerprint density at radius 3 is 2.14 bits per heavy atom. The molecule has 0 amide bonds. The monoisotopic (exact) mass is 334 g/mol. The van der Waals surface area contributed by atoms with Gasteiger partial charge >= 0.3 is 0 Å². The summed E-state index contributed by atoms with van der Waals surface area (Å²) in [4.78, 5) is 15.7. The molecular weight excluding hydrogens is 316 g/mol. The first-order valence-corrected chi connectivity index (χ1v) is 9.29. The molecule has 0 spiro atoms. The van der Waals surface area contributed by atoms with Crippen molar-refractivity contribution in [2.75, 3.05) is 0 Å². The highest BCUT2D eigenvalue weighted by Gasteiger charge is 2.14. The Kier molecular flexibility index (Phi) is 5.62. The molecule has 0 aliphatic heterocycles. The average molecular weight is 335 g/mol. The molecule has 0 fully saturated rings. The second-order valence-electron chi connectivity index (χ2n) is 4.73. The third-order valence-corrected chi connectivity index (χ3v) is 6.26. The summed E-state index contributed by atoms with van der Waals surface area (Å²) in [5, 5.41) is 4.12. The van der Waals surface area contributed by atoms with Crippen molar-refractivity contribution in [1.29, 1.82) is 0 Å². The van der Waals surface area contributed by atoms with Gasteiger partial charge in [-0.3, -0.25) is 4.79 Å². The molecule has 0 radical (unpaired) electrons. The van der Waals surface area contributed by atoms with Crippen molar-refractivity contribution in [3.05, 3.63) is 56.9 Å². The number of carbonyl (C=O) groups is 1. The second kappa shape index (κ2) is 7.25. The van der Waals surface area contributed by atoms with E-state index in [1.54, 1.807) is 41.4 Å². The van der Waals surface area contributed by atoms with E-state index in [1.807, 2.05) is 11.4 Å². The van der Waals surface area contributed by atoms with Crippen LogP contribution in [-0.4, -0.2) is 5.78 Å². The average Bonchev–Trinajstić information content (AvgIpc) is 3.05. The molecule has 2 aromatic heterocycles. The molecule has 0 saturated carbocycles. The van der Waals surface area contributed by atoms with Crippen molar-refractivity contribution in [3.8, 4) is 0 Å². The number of rotatable bonds is 7. The van der Waals surface area contributed by atoms with Crippen molar-refractivity contribution < 1.29 is 4.79 Å². The van der Waals surface area contributed by atoms with E-state index in [9.17, 15) is 4.79 Å². The fourth-order valence-corrected chi connectivity index (χ4v) is 5.03. The topological polar surface area (TPSA) is 17.1 Å². The van der Waals surface area contributed by atoms with Crippen molar-refractivity contribution in [2.45, 2.75) is 26.7 Å². The van der Waals surface area contributed by atoms with Gasteiger partial charge in [-0.2, -0.15) is 0 Å². The first kappa shape index (κ1) is 16.3. The van der Waals surface area contributed by atoms with Crippen LogP contribution in [0.3, 0.4) is 0 Å². The highest BCUT2D eigenvalue weighted by Crippen LogP contribution is 2.42.